The third kappa shape index (κ3) is 2.33. The van der Waals surface area contributed by atoms with Crippen molar-refractivity contribution in [2.45, 2.75) is 19.1 Å². The lowest BCUT2D eigenvalue weighted by atomic mass is 10.1. The van der Waals surface area contributed by atoms with Gasteiger partial charge in [0, 0.05) is 4.88 Å². The molecular formula is C15H17NO2S. The van der Waals surface area contributed by atoms with Gasteiger partial charge in [-0.3, -0.25) is 0 Å². The van der Waals surface area contributed by atoms with Gasteiger partial charge in [-0.05, 0) is 43.1 Å². The van der Waals surface area contributed by atoms with Crippen molar-refractivity contribution in [2.24, 2.45) is 0 Å². The fourth-order valence-electron chi connectivity index (χ4n) is 2.39. The molecule has 0 fully saturated rings. The average Bonchev–Trinajstić information content (AvgIpc) is 2.86. The van der Waals surface area contributed by atoms with Crippen LogP contribution in [0.2, 0.25) is 0 Å². The third-order valence-electron chi connectivity index (χ3n) is 3.40. The van der Waals surface area contributed by atoms with Gasteiger partial charge in [-0.25, -0.2) is 0 Å². The average molecular weight is 275 g/mol. The van der Waals surface area contributed by atoms with Crippen LogP contribution in [0.1, 0.15) is 16.5 Å². The summed E-state index contributed by atoms with van der Waals surface area (Å²) < 4.78 is 11.9. The van der Waals surface area contributed by atoms with Crippen LogP contribution in [-0.4, -0.2) is 19.8 Å². The Bertz CT molecular complexity index is 567. The van der Waals surface area contributed by atoms with Gasteiger partial charge in [-0.2, -0.15) is 0 Å². The third-order valence-corrected chi connectivity index (χ3v) is 4.50. The molecule has 19 heavy (non-hydrogen) atoms. The van der Waals surface area contributed by atoms with Crippen molar-refractivity contribution in [1.82, 2.24) is 5.32 Å². The SMILES string of the molecule is CNC(c1sccc1C)C1COc2ccccc2O1. The summed E-state index contributed by atoms with van der Waals surface area (Å²) in [7, 11) is 1.97. The molecule has 2 aromatic rings. The molecule has 1 aromatic heterocycles. The van der Waals surface area contributed by atoms with E-state index in [1.807, 2.05) is 31.3 Å². The van der Waals surface area contributed by atoms with Gasteiger partial charge in [0.25, 0.3) is 0 Å². The summed E-state index contributed by atoms with van der Waals surface area (Å²) in [6.45, 7) is 2.70. The van der Waals surface area contributed by atoms with Crippen molar-refractivity contribution in [1.29, 1.82) is 0 Å². The number of rotatable bonds is 3. The maximum Gasteiger partial charge on any atom is 0.161 e. The van der Waals surface area contributed by atoms with Crippen LogP contribution < -0.4 is 14.8 Å². The van der Waals surface area contributed by atoms with E-state index in [1.165, 1.54) is 10.4 Å². The van der Waals surface area contributed by atoms with Gasteiger partial charge in [0.2, 0.25) is 0 Å². The van der Waals surface area contributed by atoms with E-state index in [0.29, 0.717) is 6.61 Å². The van der Waals surface area contributed by atoms with Gasteiger partial charge < -0.3 is 14.8 Å². The van der Waals surface area contributed by atoms with Crippen LogP contribution in [0.25, 0.3) is 0 Å². The zero-order valence-electron chi connectivity index (χ0n) is 11.1. The van der Waals surface area contributed by atoms with Crippen molar-refractivity contribution < 1.29 is 9.47 Å². The van der Waals surface area contributed by atoms with Crippen LogP contribution in [0.3, 0.4) is 0 Å². The molecule has 3 rings (SSSR count). The number of fused-ring (bicyclic) bond motifs is 1. The molecular weight excluding hydrogens is 258 g/mol. The normalized spacial score (nSPS) is 19.2. The van der Waals surface area contributed by atoms with Gasteiger partial charge in [-0.15, -0.1) is 11.3 Å². The molecule has 2 atom stereocenters. The molecule has 2 unspecified atom stereocenters. The number of para-hydroxylation sites is 2. The standard InChI is InChI=1S/C15H17NO2S/c1-10-7-8-19-15(10)14(16-2)13-9-17-11-5-3-4-6-12(11)18-13/h3-8,13-14,16H,9H2,1-2H3. The lowest BCUT2D eigenvalue weighted by molar-refractivity contribution is 0.0646. The van der Waals surface area contributed by atoms with Crippen LogP contribution in [0.5, 0.6) is 11.5 Å². The Morgan fingerprint density at radius 3 is 2.74 bits per heavy atom. The molecule has 1 aromatic carbocycles. The summed E-state index contributed by atoms with van der Waals surface area (Å²) in [6, 6.07) is 10.1. The van der Waals surface area contributed by atoms with Crippen molar-refractivity contribution in [3.8, 4) is 11.5 Å². The van der Waals surface area contributed by atoms with E-state index in [0.717, 1.165) is 11.5 Å². The van der Waals surface area contributed by atoms with E-state index in [1.54, 1.807) is 11.3 Å². The molecule has 0 spiro atoms. The Kier molecular flexibility index (Phi) is 3.44. The molecule has 4 heteroatoms. The minimum Gasteiger partial charge on any atom is -0.486 e. The second kappa shape index (κ2) is 5.23. The summed E-state index contributed by atoms with van der Waals surface area (Å²) in [5, 5.41) is 5.47. The number of hydrogen-bond acceptors (Lipinski definition) is 4. The number of benzene rings is 1. The predicted molar refractivity (Wildman–Crippen MR) is 77.2 cm³/mol. The zero-order chi connectivity index (χ0) is 13.2. The van der Waals surface area contributed by atoms with Gasteiger partial charge >= 0.3 is 0 Å². The van der Waals surface area contributed by atoms with E-state index < -0.39 is 0 Å². The first-order valence-electron chi connectivity index (χ1n) is 6.39. The van der Waals surface area contributed by atoms with Crippen molar-refractivity contribution in [3.05, 3.63) is 46.2 Å². The highest BCUT2D eigenvalue weighted by Crippen LogP contribution is 2.36. The predicted octanol–water partition coefficient (Wildman–Crippen LogP) is 3.16. The highest BCUT2D eigenvalue weighted by molar-refractivity contribution is 7.10. The summed E-state index contributed by atoms with van der Waals surface area (Å²) in [6.07, 6.45) is -0.00255. The fourth-order valence-corrected chi connectivity index (χ4v) is 3.48. The van der Waals surface area contributed by atoms with Crippen molar-refractivity contribution in [2.75, 3.05) is 13.7 Å². The quantitative estimate of drug-likeness (QED) is 0.933. The Labute approximate surface area is 117 Å². The first kappa shape index (κ1) is 12.5. The number of likely N-dealkylation sites (N-methyl/N-ethyl adjacent to an activating group) is 1. The first-order valence-corrected chi connectivity index (χ1v) is 7.27. The van der Waals surface area contributed by atoms with Gasteiger partial charge in [0.15, 0.2) is 17.6 Å². The van der Waals surface area contributed by atoms with E-state index in [-0.39, 0.29) is 12.1 Å². The second-order valence-electron chi connectivity index (χ2n) is 4.65. The molecule has 0 saturated carbocycles. The molecule has 0 bridgehead atoms. The van der Waals surface area contributed by atoms with Gasteiger partial charge in [-0.1, -0.05) is 12.1 Å². The fraction of sp³-hybridized carbons (Fsp3) is 0.333. The molecule has 0 amide bonds. The summed E-state index contributed by atoms with van der Waals surface area (Å²) in [4.78, 5) is 1.32. The zero-order valence-corrected chi connectivity index (χ0v) is 11.9. The molecule has 0 radical (unpaired) electrons. The molecule has 2 heterocycles. The van der Waals surface area contributed by atoms with Crippen LogP contribution in [0, 0.1) is 6.92 Å². The Balaban J connectivity index is 1.85. The Morgan fingerprint density at radius 1 is 1.26 bits per heavy atom. The molecule has 3 nitrogen and oxygen atoms in total. The lowest BCUT2D eigenvalue weighted by Gasteiger charge is -2.32. The highest BCUT2D eigenvalue weighted by atomic mass is 32.1. The van der Waals surface area contributed by atoms with Gasteiger partial charge in [0.05, 0.1) is 6.04 Å². The largest absolute Gasteiger partial charge is 0.486 e. The summed E-state index contributed by atoms with van der Waals surface area (Å²) in [5.41, 5.74) is 1.30. The van der Waals surface area contributed by atoms with Crippen LogP contribution >= 0.6 is 11.3 Å². The molecule has 100 valence electrons. The molecule has 0 aliphatic carbocycles. The molecule has 1 N–H and O–H groups in total. The van der Waals surface area contributed by atoms with E-state index >= 15 is 0 Å². The van der Waals surface area contributed by atoms with Gasteiger partial charge in [0.1, 0.15) is 6.61 Å². The van der Waals surface area contributed by atoms with Crippen LogP contribution in [-0.2, 0) is 0 Å². The van der Waals surface area contributed by atoms with E-state index in [4.69, 9.17) is 9.47 Å². The molecule has 1 aliphatic rings. The monoisotopic (exact) mass is 275 g/mol. The minimum absolute atomic E-state index is 0.00255. The number of ether oxygens (including phenoxy) is 2. The number of nitrogens with one attached hydrogen (secondary N) is 1. The highest BCUT2D eigenvalue weighted by Gasteiger charge is 2.30. The first-order chi connectivity index (χ1) is 9.29. The minimum atomic E-state index is -0.00255. The number of hydrogen-bond donors (Lipinski definition) is 1. The molecule has 0 saturated heterocycles. The maximum atomic E-state index is 6.08. The van der Waals surface area contributed by atoms with E-state index in [9.17, 15) is 0 Å². The van der Waals surface area contributed by atoms with Crippen molar-refractivity contribution >= 4 is 11.3 Å². The summed E-state index contributed by atoms with van der Waals surface area (Å²) >= 11 is 1.76. The summed E-state index contributed by atoms with van der Waals surface area (Å²) in [5.74, 6) is 1.66. The topological polar surface area (TPSA) is 30.5 Å². The second-order valence-corrected chi connectivity index (χ2v) is 5.60. The number of thiophene rings is 1. The van der Waals surface area contributed by atoms with Crippen LogP contribution in [0.4, 0.5) is 0 Å². The van der Waals surface area contributed by atoms with Crippen molar-refractivity contribution in [3.63, 3.8) is 0 Å². The smallest absolute Gasteiger partial charge is 0.161 e. The van der Waals surface area contributed by atoms with Crippen LogP contribution in [0.15, 0.2) is 35.7 Å². The number of aryl methyl sites for hydroxylation is 1. The van der Waals surface area contributed by atoms with E-state index in [2.05, 4.69) is 23.7 Å². The Hall–Kier alpha value is -1.52. The lowest BCUT2D eigenvalue weighted by Crippen LogP contribution is -2.40. The molecule has 1 aliphatic heterocycles. The maximum absolute atomic E-state index is 6.08. The Morgan fingerprint density at radius 2 is 2.05 bits per heavy atom.